The number of aliphatic carboxylic acids is 1. The number of hydrogen-bond acceptors (Lipinski definition) is 2. The maximum atomic E-state index is 10.5. The lowest BCUT2D eigenvalue weighted by Crippen LogP contribution is -1.93. The molecule has 0 heterocycles. The second kappa shape index (κ2) is 12.2. The summed E-state index contributed by atoms with van der Waals surface area (Å²) >= 11 is 11.2. The summed E-state index contributed by atoms with van der Waals surface area (Å²) in [6.45, 7) is -1.28. The summed E-state index contributed by atoms with van der Waals surface area (Å²) in [5.74, 6) is -1.41. The highest BCUT2D eigenvalue weighted by Gasteiger charge is 1.89. The van der Waals surface area contributed by atoms with Crippen molar-refractivity contribution in [2.75, 3.05) is 20.8 Å². The molecule has 0 amide bonds. The van der Waals surface area contributed by atoms with Gasteiger partial charge in [-0.1, -0.05) is 35.3 Å². The van der Waals surface area contributed by atoms with Crippen LogP contribution in [-0.2, 0) is 4.79 Å². The molecule has 0 bridgehead atoms. The Bertz CT molecular complexity index is 277. The Morgan fingerprint density at radius 2 is 1.56 bits per heavy atom. The molecule has 1 rings (SSSR count). The molecule has 0 fully saturated rings. The van der Waals surface area contributed by atoms with Crippen molar-refractivity contribution in [3.63, 3.8) is 0 Å². The van der Waals surface area contributed by atoms with Crippen molar-refractivity contribution in [2.45, 2.75) is 0 Å². The van der Waals surface area contributed by atoms with Crippen LogP contribution in [0.1, 0.15) is 0 Å². The second-order valence-corrected chi connectivity index (χ2v) is 3.26. The number of alkyl halides is 1. The Hall–Kier alpha value is -0.840. The summed E-state index contributed by atoms with van der Waals surface area (Å²) in [4.78, 5) is 8.99. The molecule has 1 aromatic rings. The fraction of sp³-hybridized carbons (Fsp3) is 0.300. The summed E-state index contributed by atoms with van der Waals surface area (Å²) in [5.41, 5.74) is 0. The van der Waals surface area contributed by atoms with Crippen molar-refractivity contribution in [1.29, 1.82) is 0 Å². The van der Waals surface area contributed by atoms with Gasteiger partial charge in [0.05, 0.1) is 10.0 Å². The molecule has 0 aliphatic carbocycles. The summed E-state index contributed by atoms with van der Waals surface area (Å²) in [5, 5.41) is 11.3. The van der Waals surface area contributed by atoms with Gasteiger partial charge in [0.25, 0.3) is 0 Å². The van der Waals surface area contributed by atoms with E-state index in [1.165, 1.54) is 0 Å². The largest absolute Gasteiger partial charge is 0.479 e. The zero-order chi connectivity index (χ0) is 13.0. The average molecular weight is 270 g/mol. The molecule has 6 heteroatoms. The highest BCUT2D eigenvalue weighted by Crippen LogP contribution is 2.19. The molecular weight excluding hydrogens is 256 g/mol. The van der Waals surface area contributed by atoms with Gasteiger partial charge < -0.3 is 10.4 Å². The van der Waals surface area contributed by atoms with E-state index in [9.17, 15) is 4.39 Å². The van der Waals surface area contributed by atoms with Crippen LogP contribution >= 0.6 is 23.2 Å². The number of rotatable bonds is 1. The standard InChI is InChI=1S/C6H4Cl2.C2H3FO2.C2H7N/c7-5-3-1-2-4-6(5)8;3-1-2(4)5;1-3-2/h1-4H;1H2,(H,4,5);3H,1-2H3. The Morgan fingerprint density at radius 3 is 1.69 bits per heavy atom. The van der Waals surface area contributed by atoms with E-state index in [-0.39, 0.29) is 0 Å². The van der Waals surface area contributed by atoms with E-state index >= 15 is 0 Å². The van der Waals surface area contributed by atoms with Crippen LogP contribution in [0.5, 0.6) is 0 Å². The first-order valence-electron chi connectivity index (χ1n) is 4.25. The maximum absolute atomic E-state index is 10.5. The molecular formula is C10H14Cl2FNO2. The minimum absolute atomic E-state index is 0.606. The molecule has 0 radical (unpaired) electrons. The van der Waals surface area contributed by atoms with Gasteiger partial charge in [-0.2, -0.15) is 0 Å². The van der Waals surface area contributed by atoms with E-state index in [1.807, 2.05) is 26.2 Å². The molecule has 0 aromatic heterocycles. The van der Waals surface area contributed by atoms with Gasteiger partial charge in [0.15, 0.2) is 6.67 Å². The van der Waals surface area contributed by atoms with Gasteiger partial charge in [-0.05, 0) is 26.2 Å². The normalized spacial score (nSPS) is 8.06. The van der Waals surface area contributed by atoms with Gasteiger partial charge in [-0.25, -0.2) is 9.18 Å². The minimum atomic E-state index is -1.41. The first-order valence-corrected chi connectivity index (χ1v) is 5.01. The Labute approximate surface area is 104 Å². The van der Waals surface area contributed by atoms with Crippen molar-refractivity contribution < 1.29 is 14.3 Å². The number of benzene rings is 1. The van der Waals surface area contributed by atoms with Crippen molar-refractivity contribution in [2.24, 2.45) is 0 Å². The number of hydrogen-bond donors (Lipinski definition) is 2. The summed E-state index contributed by atoms with van der Waals surface area (Å²) in [7, 11) is 3.75. The highest BCUT2D eigenvalue weighted by atomic mass is 35.5. The predicted octanol–water partition coefficient (Wildman–Crippen LogP) is 2.87. The van der Waals surface area contributed by atoms with Crippen LogP contribution in [-0.4, -0.2) is 31.8 Å². The van der Waals surface area contributed by atoms with Crippen LogP contribution in [0, 0.1) is 0 Å². The Balaban J connectivity index is 0. The fourth-order valence-corrected chi connectivity index (χ4v) is 0.711. The van der Waals surface area contributed by atoms with Gasteiger partial charge >= 0.3 is 5.97 Å². The van der Waals surface area contributed by atoms with Crippen molar-refractivity contribution >= 4 is 29.2 Å². The molecule has 0 saturated carbocycles. The van der Waals surface area contributed by atoms with Crippen LogP contribution in [0.2, 0.25) is 10.0 Å². The van der Waals surface area contributed by atoms with E-state index in [2.05, 4.69) is 5.32 Å². The van der Waals surface area contributed by atoms with Crippen molar-refractivity contribution in [3.05, 3.63) is 34.3 Å². The van der Waals surface area contributed by atoms with E-state index in [0.717, 1.165) is 0 Å². The van der Waals surface area contributed by atoms with Gasteiger partial charge in [-0.3, -0.25) is 0 Å². The Kier molecular flexibility index (Phi) is 13.4. The lowest BCUT2D eigenvalue weighted by atomic mass is 10.4. The van der Waals surface area contributed by atoms with E-state index in [0.29, 0.717) is 10.0 Å². The first kappa shape index (κ1) is 17.6. The van der Waals surface area contributed by atoms with E-state index in [1.54, 1.807) is 12.1 Å². The monoisotopic (exact) mass is 269 g/mol. The fourth-order valence-electron chi connectivity index (χ4n) is 0.439. The number of carboxylic acid groups (broad SMARTS) is 1. The summed E-state index contributed by atoms with van der Waals surface area (Å²) in [6, 6.07) is 7.19. The van der Waals surface area contributed by atoms with E-state index in [4.69, 9.17) is 33.1 Å². The summed E-state index contributed by atoms with van der Waals surface area (Å²) in [6.07, 6.45) is 0. The zero-order valence-corrected chi connectivity index (χ0v) is 10.5. The smallest absolute Gasteiger partial charge is 0.335 e. The molecule has 3 nitrogen and oxygen atoms in total. The SMILES string of the molecule is CNC.Clc1ccccc1Cl.O=C(O)CF. The number of nitrogens with one attached hydrogen (secondary N) is 1. The molecule has 1 aromatic carbocycles. The number of carboxylic acids is 1. The quantitative estimate of drug-likeness (QED) is 0.825. The molecule has 92 valence electrons. The topological polar surface area (TPSA) is 49.3 Å². The van der Waals surface area contributed by atoms with Gasteiger partial charge in [-0.15, -0.1) is 0 Å². The van der Waals surface area contributed by atoms with Gasteiger partial charge in [0.1, 0.15) is 0 Å². The van der Waals surface area contributed by atoms with Crippen LogP contribution < -0.4 is 5.32 Å². The van der Waals surface area contributed by atoms with Crippen LogP contribution in [0.4, 0.5) is 4.39 Å². The molecule has 0 atom stereocenters. The van der Waals surface area contributed by atoms with Gasteiger partial charge in [0.2, 0.25) is 0 Å². The second-order valence-electron chi connectivity index (χ2n) is 2.44. The minimum Gasteiger partial charge on any atom is -0.479 e. The molecule has 0 aliphatic heterocycles. The maximum Gasteiger partial charge on any atom is 0.335 e. The molecule has 0 spiro atoms. The molecule has 16 heavy (non-hydrogen) atoms. The molecule has 0 unspecified atom stereocenters. The third kappa shape index (κ3) is 13.2. The predicted molar refractivity (Wildman–Crippen MR) is 65.1 cm³/mol. The number of carbonyl (C=O) groups is 1. The third-order valence-corrected chi connectivity index (χ3v) is 1.69. The molecule has 0 aliphatic rings. The van der Waals surface area contributed by atoms with Crippen molar-refractivity contribution in [3.8, 4) is 0 Å². The molecule has 2 N–H and O–H groups in total. The lowest BCUT2D eigenvalue weighted by molar-refractivity contribution is -0.137. The van der Waals surface area contributed by atoms with Crippen LogP contribution in [0.3, 0.4) is 0 Å². The highest BCUT2D eigenvalue weighted by molar-refractivity contribution is 6.41. The number of halogens is 3. The molecule has 0 saturated heterocycles. The third-order valence-electron chi connectivity index (χ3n) is 0.939. The van der Waals surface area contributed by atoms with Crippen LogP contribution in [0.25, 0.3) is 0 Å². The van der Waals surface area contributed by atoms with E-state index < -0.39 is 12.6 Å². The Morgan fingerprint density at radius 1 is 1.31 bits per heavy atom. The van der Waals surface area contributed by atoms with Crippen molar-refractivity contribution in [1.82, 2.24) is 5.32 Å². The average Bonchev–Trinajstić information content (AvgIpc) is 2.24. The van der Waals surface area contributed by atoms with Crippen LogP contribution in [0.15, 0.2) is 24.3 Å². The summed E-state index contributed by atoms with van der Waals surface area (Å²) < 4.78 is 10.5. The first-order chi connectivity index (χ1) is 7.49. The zero-order valence-electron chi connectivity index (χ0n) is 9.01. The van der Waals surface area contributed by atoms with Gasteiger partial charge in [0, 0.05) is 0 Å². The lowest BCUT2D eigenvalue weighted by Gasteiger charge is -1.88.